The third-order valence-corrected chi connectivity index (χ3v) is 7.87. The zero-order valence-corrected chi connectivity index (χ0v) is 10.6. The van der Waals surface area contributed by atoms with E-state index in [0.29, 0.717) is 0 Å². The predicted molar refractivity (Wildman–Crippen MR) is 67.5 cm³/mol. The number of hydrogen-bond donors (Lipinski definition) is 0. The second-order valence-corrected chi connectivity index (χ2v) is 8.92. The van der Waals surface area contributed by atoms with Crippen molar-refractivity contribution in [1.29, 1.82) is 0 Å². The van der Waals surface area contributed by atoms with Crippen LogP contribution in [0.5, 0.6) is 0 Å². The SMILES string of the molecule is CC[P+]1(c2c(C)cc(C)cc2C)CC1. The predicted octanol–water partition coefficient (Wildman–Crippen LogP) is 3.29. The maximum absolute atomic E-state index is 2.37. The summed E-state index contributed by atoms with van der Waals surface area (Å²) in [5, 5.41) is 1.76. The molecule has 2 rings (SSSR count). The summed E-state index contributed by atoms with van der Waals surface area (Å²) in [6, 6.07) is 4.72. The molecular weight excluding hydrogens is 187 g/mol. The Morgan fingerprint density at radius 2 is 1.57 bits per heavy atom. The minimum absolute atomic E-state index is 0.621. The summed E-state index contributed by atoms with van der Waals surface area (Å²) in [5.41, 5.74) is 4.52. The molecule has 0 nitrogen and oxygen atoms in total. The maximum Gasteiger partial charge on any atom is 0.1000 e. The van der Waals surface area contributed by atoms with Gasteiger partial charge in [-0.3, -0.25) is 0 Å². The van der Waals surface area contributed by atoms with Gasteiger partial charge < -0.3 is 0 Å². The van der Waals surface area contributed by atoms with Crippen LogP contribution in [0.2, 0.25) is 0 Å². The summed E-state index contributed by atoms with van der Waals surface area (Å²) in [6.07, 6.45) is 4.43. The molecule has 0 spiro atoms. The van der Waals surface area contributed by atoms with Gasteiger partial charge >= 0.3 is 0 Å². The first kappa shape index (κ1) is 10.2. The Balaban J connectivity index is 2.53. The summed E-state index contributed by atoms with van der Waals surface area (Å²) in [6.45, 7) is 9.17. The molecule has 1 aromatic carbocycles. The lowest BCUT2D eigenvalue weighted by Gasteiger charge is -2.13. The molecule has 14 heavy (non-hydrogen) atoms. The van der Waals surface area contributed by atoms with Crippen molar-refractivity contribution in [2.45, 2.75) is 27.7 Å². The molecule has 1 saturated heterocycles. The van der Waals surface area contributed by atoms with Crippen LogP contribution in [0.15, 0.2) is 12.1 Å². The quantitative estimate of drug-likeness (QED) is 0.653. The number of hydrogen-bond acceptors (Lipinski definition) is 0. The van der Waals surface area contributed by atoms with E-state index >= 15 is 0 Å². The first-order valence-corrected chi connectivity index (χ1v) is 7.88. The fourth-order valence-corrected chi connectivity index (χ4v) is 6.73. The summed E-state index contributed by atoms with van der Waals surface area (Å²) in [5.74, 6) is 0. The molecule has 1 aliphatic heterocycles. The molecule has 0 unspecified atom stereocenters. The molecule has 0 saturated carbocycles. The molecule has 1 fully saturated rings. The Labute approximate surface area is 88.1 Å². The summed E-state index contributed by atoms with van der Waals surface area (Å²) < 4.78 is 0. The third-order valence-electron chi connectivity index (χ3n) is 3.48. The van der Waals surface area contributed by atoms with Crippen molar-refractivity contribution in [2.75, 3.05) is 18.5 Å². The van der Waals surface area contributed by atoms with Gasteiger partial charge in [-0.15, -0.1) is 0 Å². The van der Waals surface area contributed by atoms with Gasteiger partial charge in [0, 0.05) is 0 Å². The summed E-state index contributed by atoms with van der Waals surface area (Å²) in [4.78, 5) is 0. The van der Waals surface area contributed by atoms with Crippen LogP contribution in [-0.2, 0) is 0 Å². The lowest BCUT2D eigenvalue weighted by molar-refractivity contribution is 1.35. The van der Waals surface area contributed by atoms with E-state index in [1.54, 1.807) is 16.4 Å². The van der Waals surface area contributed by atoms with Crippen molar-refractivity contribution >= 4 is 12.6 Å². The Morgan fingerprint density at radius 3 is 1.93 bits per heavy atom. The standard InChI is InChI=1S/C13H20P/c1-5-14(6-7-14)13-11(3)8-10(2)9-12(13)4/h8-9H,5-7H2,1-4H3/q+1. The lowest BCUT2D eigenvalue weighted by Crippen LogP contribution is -2.12. The molecule has 76 valence electrons. The third kappa shape index (κ3) is 1.50. The molecule has 1 heterocycles. The molecule has 0 radical (unpaired) electrons. The van der Waals surface area contributed by atoms with E-state index in [2.05, 4.69) is 39.8 Å². The number of benzene rings is 1. The van der Waals surface area contributed by atoms with Gasteiger partial charge in [0.2, 0.25) is 0 Å². The highest BCUT2D eigenvalue weighted by atomic mass is 31.2. The lowest BCUT2D eigenvalue weighted by atomic mass is 10.1. The van der Waals surface area contributed by atoms with Crippen LogP contribution in [-0.4, -0.2) is 18.5 Å². The van der Waals surface area contributed by atoms with Crippen LogP contribution in [0.25, 0.3) is 0 Å². The topological polar surface area (TPSA) is 0 Å². The molecule has 0 amide bonds. The Hall–Kier alpha value is -0.350. The maximum atomic E-state index is 2.37. The number of rotatable bonds is 2. The van der Waals surface area contributed by atoms with E-state index in [4.69, 9.17) is 0 Å². The van der Waals surface area contributed by atoms with Crippen molar-refractivity contribution in [3.8, 4) is 0 Å². The highest BCUT2D eigenvalue weighted by Crippen LogP contribution is 2.71. The molecule has 0 bridgehead atoms. The molecule has 0 N–H and O–H groups in total. The average Bonchev–Trinajstić information content (AvgIpc) is 2.83. The molecule has 0 aromatic heterocycles. The van der Waals surface area contributed by atoms with Gasteiger partial charge in [-0.25, -0.2) is 0 Å². The molecule has 1 aliphatic rings. The van der Waals surface area contributed by atoms with Crippen LogP contribution in [0.4, 0.5) is 0 Å². The highest BCUT2D eigenvalue weighted by Gasteiger charge is 2.53. The fourth-order valence-electron chi connectivity index (χ4n) is 2.74. The van der Waals surface area contributed by atoms with Gasteiger partial charge in [-0.05, 0) is 38.8 Å². The Bertz CT molecular complexity index is 338. The van der Waals surface area contributed by atoms with Crippen molar-refractivity contribution < 1.29 is 0 Å². The van der Waals surface area contributed by atoms with Crippen LogP contribution in [0, 0.1) is 20.8 Å². The smallest absolute Gasteiger partial charge is 0.0524 e. The monoisotopic (exact) mass is 207 g/mol. The second kappa shape index (κ2) is 3.35. The van der Waals surface area contributed by atoms with Gasteiger partial charge in [-0.2, -0.15) is 0 Å². The van der Waals surface area contributed by atoms with E-state index in [1.165, 1.54) is 24.0 Å². The van der Waals surface area contributed by atoms with Crippen LogP contribution in [0.3, 0.4) is 0 Å². The van der Waals surface area contributed by atoms with Gasteiger partial charge in [0.1, 0.15) is 0 Å². The summed E-state index contributed by atoms with van der Waals surface area (Å²) in [7, 11) is -0.621. The van der Waals surface area contributed by atoms with Gasteiger partial charge in [0.15, 0.2) is 0 Å². The van der Waals surface area contributed by atoms with E-state index in [1.807, 2.05) is 0 Å². The van der Waals surface area contributed by atoms with Crippen LogP contribution >= 0.6 is 7.26 Å². The van der Waals surface area contributed by atoms with E-state index in [9.17, 15) is 0 Å². The zero-order valence-electron chi connectivity index (χ0n) is 9.72. The zero-order chi connectivity index (χ0) is 10.3. The molecule has 0 atom stereocenters. The van der Waals surface area contributed by atoms with Crippen LogP contribution in [0.1, 0.15) is 23.6 Å². The second-order valence-electron chi connectivity index (χ2n) is 4.66. The van der Waals surface area contributed by atoms with Crippen molar-refractivity contribution in [2.24, 2.45) is 0 Å². The molecule has 1 aromatic rings. The molecular formula is C13H20P+. The van der Waals surface area contributed by atoms with Crippen molar-refractivity contribution in [3.05, 3.63) is 28.8 Å². The first-order chi connectivity index (χ1) is 6.59. The minimum Gasteiger partial charge on any atom is -0.0524 e. The number of aryl methyl sites for hydroxylation is 3. The highest BCUT2D eigenvalue weighted by molar-refractivity contribution is 7.89. The fraction of sp³-hybridized carbons (Fsp3) is 0.538. The van der Waals surface area contributed by atoms with Gasteiger partial charge in [0.05, 0.1) is 31.1 Å². The largest absolute Gasteiger partial charge is 0.1000 e. The van der Waals surface area contributed by atoms with Crippen molar-refractivity contribution in [1.82, 2.24) is 0 Å². The Morgan fingerprint density at radius 1 is 1.07 bits per heavy atom. The van der Waals surface area contributed by atoms with E-state index < -0.39 is 7.26 Å². The molecule has 1 heteroatoms. The minimum atomic E-state index is -0.621. The normalized spacial score (nSPS) is 18.3. The van der Waals surface area contributed by atoms with E-state index in [0.717, 1.165) is 0 Å². The first-order valence-electron chi connectivity index (χ1n) is 5.53. The van der Waals surface area contributed by atoms with Gasteiger partial charge in [0.25, 0.3) is 0 Å². The Kier molecular flexibility index (Phi) is 2.43. The van der Waals surface area contributed by atoms with Crippen molar-refractivity contribution in [3.63, 3.8) is 0 Å². The molecule has 0 aliphatic carbocycles. The summed E-state index contributed by atoms with van der Waals surface area (Å²) >= 11 is 0. The average molecular weight is 207 g/mol. The van der Waals surface area contributed by atoms with E-state index in [-0.39, 0.29) is 0 Å². The van der Waals surface area contributed by atoms with Gasteiger partial charge in [-0.1, -0.05) is 17.7 Å². The van der Waals surface area contributed by atoms with Crippen LogP contribution < -0.4 is 5.30 Å².